The molecule has 0 unspecified atom stereocenters. The molecule has 2 rings (SSSR count). The molecule has 0 radical (unpaired) electrons. The second kappa shape index (κ2) is 6.52. The molecule has 2 aromatic rings. The van der Waals surface area contributed by atoms with Gasteiger partial charge in [0.25, 0.3) is 0 Å². The van der Waals surface area contributed by atoms with Crippen LogP contribution in [0.2, 0.25) is 0 Å². The topological polar surface area (TPSA) is 68.0 Å². The molecule has 0 bridgehead atoms. The molecule has 4 heteroatoms. The Bertz CT molecular complexity index is 635. The summed E-state index contributed by atoms with van der Waals surface area (Å²) < 4.78 is 0. The minimum atomic E-state index is -0.155. The van der Waals surface area contributed by atoms with Crippen molar-refractivity contribution in [3.8, 4) is 0 Å². The summed E-state index contributed by atoms with van der Waals surface area (Å²) in [6.07, 6.45) is 4.95. The molecule has 0 atom stereocenters. The first-order valence-corrected chi connectivity index (χ1v) is 6.37. The summed E-state index contributed by atoms with van der Waals surface area (Å²) in [5.41, 5.74) is 9.18. The van der Waals surface area contributed by atoms with E-state index in [1.54, 1.807) is 18.3 Å². The summed E-state index contributed by atoms with van der Waals surface area (Å²) in [4.78, 5) is 16.0. The molecule has 0 saturated heterocycles. The van der Waals surface area contributed by atoms with E-state index in [1.807, 2.05) is 37.3 Å². The highest BCUT2D eigenvalue weighted by molar-refractivity contribution is 5.91. The Morgan fingerprint density at radius 1 is 1.35 bits per heavy atom. The minimum Gasteiger partial charge on any atom is -0.399 e. The first-order valence-electron chi connectivity index (χ1n) is 6.37. The minimum absolute atomic E-state index is 0.155. The van der Waals surface area contributed by atoms with E-state index < -0.39 is 0 Å². The fourth-order valence-electron chi connectivity index (χ4n) is 1.77. The maximum Gasteiger partial charge on any atom is 0.244 e. The zero-order chi connectivity index (χ0) is 14.4. The Morgan fingerprint density at radius 3 is 2.95 bits per heavy atom. The third kappa shape index (κ3) is 3.95. The second-order valence-corrected chi connectivity index (χ2v) is 4.49. The van der Waals surface area contributed by atoms with Crippen LogP contribution in [0, 0.1) is 6.92 Å². The molecule has 3 N–H and O–H groups in total. The van der Waals surface area contributed by atoms with Gasteiger partial charge in [0, 0.05) is 18.0 Å². The lowest BCUT2D eigenvalue weighted by Crippen LogP contribution is -2.21. The van der Waals surface area contributed by atoms with Crippen LogP contribution >= 0.6 is 0 Å². The first kappa shape index (κ1) is 13.8. The Kier molecular flexibility index (Phi) is 4.50. The fraction of sp³-hybridized carbons (Fsp3) is 0.125. The molecule has 4 nitrogen and oxygen atoms in total. The van der Waals surface area contributed by atoms with Gasteiger partial charge in [0.05, 0.1) is 12.2 Å². The van der Waals surface area contributed by atoms with Crippen molar-refractivity contribution in [2.24, 2.45) is 0 Å². The van der Waals surface area contributed by atoms with Crippen LogP contribution in [0.3, 0.4) is 0 Å². The van der Waals surface area contributed by atoms with Crippen molar-refractivity contribution in [3.05, 3.63) is 65.5 Å². The number of amides is 1. The fourth-order valence-corrected chi connectivity index (χ4v) is 1.77. The van der Waals surface area contributed by atoms with Crippen LogP contribution in [0.5, 0.6) is 0 Å². The first-order chi connectivity index (χ1) is 9.65. The van der Waals surface area contributed by atoms with Gasteiger partial charge in [-0.15, -0.1) is 0 Å². The Labute approximate surface area is 118 Å². The number of pyridine rings is 1. The number of nitrogens with two attached hydrogens (primary N) is 1. The van der Waals surface area contributed by atoms with Gasteiger partial charge in [0.15, 0.2) is 0 Å². The Balaban J connectivity index is 1.91. The monoisotopic (exact) mass is 267 g/mol. The van der Waals surface area contributed by atoms with Crippen molar-refractivity contribution in [1.29, 1.82) is 0 Å². The van der Waals surface area contributed by atoms with Gasteiger partial charge in [-0.1, -0.05) is 18.2 Å². The van der Waals surface area contributed by atoms with E-state index in [9.17, 15) is 4.79 Å². The van der Waals surface area contributed by atoms with Crippen LogP contribution in [-0.4, -0.2) is 10.9 Å². The van der Waals surface area contributed by atoms with Crippen LogP contribution in [0.1, 0.15) is 16.8 Å². The maximum absolute atomic E-state index is 11.7. The molecule has 20 heavy (non-hydrogen) atoms. The SMILES string of the molecule is Cc1cccnc1CNC(=O)/C=C/c1cccc(N)c1. The summed E-state index contributed by atoms with van der Waals surface area (Å²) in [7, 11) is 0. The van der Waals surface area contributed by atoms with E-state index in [0.29, 0.717) is 12.2 Å². The number of rotatable bonds is 4. The van der Waals surface area contributed by atoms with Gasteiger partial charge in [-0.05, 0) is 42.3 Å². The number of aryl methyl sites for hydroxylation is 1. The summed E-state index contributed by atoms with van der Waals surface area (Å²) in [6.45, 7) is 2.39. The zero-order valence-electron chi connectivity index (χ0n) is 11.3. The molecule has 0 saturated carbocycles. The van der Waals surface area contributed by atoms with Gasteiger partial charge in [0.1, 0.15) is 0 Å². The number of hydrogen-bond donors (Lipinski definition) is 2. The molecule has 1 aromatic carbocycles. The normalized spacial score (nSPS) is 10.7. The Hall–Kier alpha value is -2.62. The largest absolute Gasteiger partial charge is 0.399 e. The standard InChI is InChI=1S/C16H17N3O/c1-12-4-3-9-18-15(12)11-19-16(20)8-7-13-5-2-6-14(17)10-13/h2-10H,11,17H2,1H3,(H,19,20)/b8-7+. The zero-order valence-corrected chi connectivity index (χ0v) is 11.3. The molecule has 102 valence electrons. The molecule has 1 heterocycles. The molecular weight excluding hydrogens is 250 g/mol. The van der Waals surface area contributed by atoms with Crippen LogP contribution in [0.25, 0.3) is 6.08 Å². The number of carbonyl (C=O) groups excluding carboxylic acids is 1. The van der Waals surface area contributed by atoms with Crippen molar-refractivity contribution < 1.29 is 4.79 Å². The molecule has 1 aromatic heterocycles. The molecule has 1 amide bonds. The number of aromatic nitrogens is 1. The van der Waals surface area contributed by atoms with Gasteiger partial charge in [-0.2, -0.15) is 0 Å². The lowest BCUT2D eigenvalue weighted by Gasteiger charge is -2.04. The maximum atomic E-state index is 11.7. The second-order valence-electron chi connectivity index (χ2n) is 4.49. The molecule has 0 aliphatic carbocycles. The summed E-state index contributed by atoms with van der Waals surface area (Å²) in [5.74, 6) is -0.155. The smallest absolute Gasteiger partial charge is 0.244 e. The summed E-state index contributed by atoms with van der Waals surface area (Å²) >= 11 is 0. The van der Waals surface area contributed by atoms with Gasteiger partial charge >= 0.3 is 0 Å². The van der Waals surface area contributed by atoms with E-state index in [4.69, 9.17) is 5.73 Å². The van der Waals surface area contributed by atoms with E-state index >= 15 is 0 Å². The lowest BCUT2D eigenvalue weighted by molar-refractivity contribution is -0.116. The van der Waals surface area contributed by atoms with Crippen molar-refractivity contribution >= 4 is 17.7 Å². The molecule has 0 spiro atoms. The van der Waals surface area contributed by atoms with Crippen LogP contribution < -0.4 is 11.1 Å². The highest BCUT2D eigenvalue weighted by atomic mass is 16.1. The van der Waals surface area contributed by atoms with Gasteiger partial charge in [-0.3, -0.25) is 9.78 Å². The third-order valence-corrected chi connectivity index (χ3v) is 2.89. The van der Waals surface area contributed by atoms with Crippen molar-refractivity contribution in [1.82, 2.24) is 10.3 Å². The predicted octanol–water partition coefficient (Wildman–Crippen LogP) is 2.30. The molecular formula is C16H17N3O. The van der Waals surface area contributed by atoms with Gasteiger partial charge in [0.2, 0.25) is 5.91 Å². The summed E-state index contributed by atoms with van der Waals surface area (Å²) in [5, 5.41) is 2.81. The molecule has 0 fully saturated rings. The van der Waals surface area contributed by atoms with Gasteiger partial charge in [-0.25, -0.2) is 0 Å². The van der Waals surface area contributed by atoms with Crippen LogP contribution in [-0.2, 0) is 11.3 Å². The van der Waals surface area contributed by atoms with Gasteiger partial charge < -0.3 is 11.1 Å². The average Bonchev–Trinajstić information content (AvgIpc) is 2.44. The highest BCUT2D eigenvalue weighted by Gasteiger charge is 2.00. The van der Waals surface area contributed by atoms with E-state index in [0.717, 1.165) is 16.8 Å². The van der Waals surface area contributed by atoms with Crippen molar-refractivity contribution in [2.45, 2.75) is 13.5 Å². The van der Waals surface area contributed by atoms with E-state index in [2.05, 4.69) is 10.3 Å². The predicted molar refractivity (Wildman–Crippen MR) is 80.7 cm³/mol. The molecule has 0 aliphatic heterocycles. The quantitative estimate of drug-likeness (QED) is 0.659. The van der Waals surface area contributed by atoms with Crippen LogP contribution in [0.4, 0.5) is 5.69 Å². The van der Waals surface area contributed by atoms with E-state index in [-0.39, 0.29) is 5.91 Å². The number of anilines is 1. The number of carbonyl (C=O) groups is 1. The average molecular weight is 267 g/mol. The lowest BCUT2D eigenvalue weighted by atomic mass is 10.2. The number of nitrogens with zero attached hydrogens (tertiary/aromatic N) is 1. The van der Waals surface area contributed by atoms with Crippen molar-refractivity contribution in [3.63, 3.8) is 0 Å². The Morgan fingerprint density at radius 2 is 2.20 bits per heavy atom. The molecule has 0 aliphatic rings. The van der Waals surface area contributed by atoms with E-state index in [1.165, 1.54) is 6.08 Å². The van der Waals surface area contributed by atoms with Crippen LogP contribution in [0.15, 0.2) is 48.7 Å². The number of nitrogens with one attached hydrogen (secondary N) is 1. The summed E-state index contributed by atoms with van der Waals surface area (Å²) in [6, 6.07) is 11.2. The third-order valence-electron chi connectivity index (χ3n) is 2.89. The number of benzene rings is 1. The number of nitrogen functional groups attached to an aromatic ring is 1. The van der Waals surface area contributed by atoms with Crippen molar-refractivity contribution in [2.75, 3.05) is 5.73 Å². The number of hydrogen-bond acceptors (Lipinski definition) is 3. The highest BCUT2D eigenvalue weighted by Crippen LogP contribution is 2.08.